The molecule has 0 unspecified atom stereocenters. The van der Waals surface area contributed by atoms with E-state index in [-0.39, 0.29) is 23.7 Å². The third kappa shape index (κ3) is 6.68. The number of ether oxygens (including phenoxy) is 1. The first-order chi connectivity index (χ1) is 22.2. The molecule has 2 aromatic rings. The molecule has 10 nitrogen and oxygen atoms in total. The van der Waals surface area contributed by atoms with Crippen LogP contribution in [-0.4, -0.2) is 109 Å². The van der Waals surface area contributed by atoms with Gasteiger partial charge < -0.3 is 30.5 Å². The maximum absolute atomic E-state index is 14.0. The number of hydrogen-bond acceptors (Lipinski definition) is 7. The molecule has 2 aromatic carbocycles. The number of amides is 3. The summed E-state index contributed by atoms with van der Waals surface area (Å²) >= 11 is 6.38. The Hall–Kier alpha value is -3.78. The molecule has 0 saturated carbocycles. The van der Waals surface area contributed by atoms with Gasteiger partial charge in [-0.05, 0) is 62.1 Å². The summed E-state index contributed by atoms with van der Waals surface area (Å²) in [5.74, 6) is 2.33. The first-order valence-electron chi connectivity index (χ1n) is 16.3. The van der Waals surface area contributed by atoms with Crippen LogP contribution in [0.1, 0.15) is 48.8 Å². The van der Waals surface area contributed by atoms with Gasteiger partial charge in [-0.15, -0.1) is 6.42 Å². The van der Waals surface area contributed by atoms with Gasteiger partial charge in [0.05, 0.1) is 10.7 Å². The number of terminal acetylenes is 1. The van der Waals surface area contributed by atoms with E-state index in [9.17, 15) is 14.4 Å². The highest BCUT2D eigenvalue weighted by atomic mass is 35.5. The highest BCUT2D eigenvalue weighted by Gasteiger charge is 2.44. The summed E-state index contributed by atoms with van der Waals surface area (Å²) in [4.78, 5) is 48.6. The van der Waals surface area contributed by atoms with E-state index < -0.39 is 12.2 Å². The summed E-state index contributed by atoms with van der Waals surface area (Å²) in [7, 11) is 2.15. The fourth-order valence-electron chi connectivity index (χ4n) is 7.56. The van der Waals surface area contributed by atoms with Crippen LogP contribution in [0.25, 0.3) is 0 Å². The van der Waals surface area contributed by atoms with Crippen LogP contribution in [0, 0.1) is 12.3 Å². The molecule has 46 heavy (non-hydrogen) atoms. The Bertz CT molecular complexity index is 1520. The number of piperazine rings is 1. The molecule has 0 aliphatic carbocycles. The molecule has 244 valence electrons. The van der Waals surface area contributed by atoms with Crippen LogP contribution >= 0.6 is 11.6 Å². The molecule has 3 saturated heterocycles. The number of benzene rings is 2. The van der Waals surface area contributed by atoms with Crippen LogP contribution < -0.4 is 11.1 Å². The van der Waals surface area contributed by atoms with Crippen LogP contribution in [0.2, 0.25) is 5.02 Å². The number of halogens is 1. The van der Waals surface area contributed by atoms with Crippen molar-refractivity contribution < 1.29 is 19.1 Å². The summed E-state index contributed by atoms with van der Waals surface area (Å²) in [6.45, 7) is 6.25. The molecule has 0 radical (unpaired) electrons. The molecule has 3 N–H and O–H groups in total. The van der Waals surface area contributed by atoms with E-state index in [4.69, 9.17) is 28.5 Å². The van der Waals surface area contributed by atoms with Crippen molar-refractivity contribution in [3.63, 3.8) is 0 Å². The van der Waals surface area contributed by atoms with Crippen LogP contribution in [0.3, 0.4) is 0 Å². The number of nitrogen functional groups attached to an aromatic ring is 1. The minimum Gasteiger partial charge on any atom is -0.436 e. The van der Waals surface area contributed by atoms with E-state index in [0.717, 1.165) is 50.3 Å². The van der Waals surface area contributed by atoms with Gasteiger partial charge in [0.1, 0.15) is 0 Å². The third-order valence-corrected chi connectivity index (χ3v) is 10.7. The summed E-state index contributed by atoms with van der Waals surface area (Å²) < 4.78 is 6.05. The van der Waals surface area contributed by atoms with Crippen molar-refractivity contribution in [3.8, 4) is 12.3 Å². The molecule has 0 aromatic heterocycles. The lowest BCUT2D eigenvalue weighted by Crippen LogP contribution is -2.54. The molecule has 4 aliphatic rings. The van der Waals surface area contributed by atoms with Crippen LogP contribution in [0.4, 0.5) is 16.2 Å². The Morgan fingerprint density at radius 3 is 2.46 bits per heavy atom. The number of carbonyl (C=O) groups is 3. The topological polar surface area (TPSA) is 111 Å². The van der Waals surface area contributed by atoms with Gasteiger partial charge in [-0.3, -0.25) is 14.5 Å². The SMILES string of the molecule is C#Cc1cc(C[C@@H](OC(=O)N2CCC3(CC2)CC(=O)Nc2ccccc23)C(=O)N2CCC(N3CCN(C)CC3)CC2)cc(Cl)c1N. The number of carbonyl (C=O) groups excluding carboxylic acids is 3. The fourth-order valence-corrected chi connectivity index (χ4v) is 7.80. The van der Waals surface area contributed by atoms with E-state index in [1.807, 2.05) is 23.1 Å². The van der Waals surface area contributed by atoms with E-state index in [0.29, 0.717) is 73.3 Å². The first-order valence-corrected chi connectivity index (χ1v) is 16.6. The Morgan fingerprint density at radius 1 is 1.07 bits per heavy atom. The molecule has 4 heterocycles. The number of anilines is 2. The number of likely N-dealkylation sites (N-methyl/N-ethyl adjacent to an activating group) is 1. The van der Waals surface area contributed by atoms with Gasteiger partial charge in [-0.2, -0.15) is 0 Å². The number of nitrogens with two attached hydrogens (primary N) is 1. The zero-order chi connectivity index (χ0) is 32.4. The van der Waals surface area contributed by atoms with E-state index in [2.05, 4.69) is 34.2 Å². The molecule has 0 bridgehead atoms. The summed E-state index contributed by atoms with van der Waals surface area (Å²) in [5.41, 5.74) is 9.09. The van der Waals surface area contributed by atoms with Crippen LogP contribution in [0.15, 0.2) is 36.4 Å². The van der Waals surface area contributed by atoms with Crippen molar-refractivity contribution in [1.82, 2.24) is 19.6 Å². The lowest BCUT2D eigenvalue weighted by atomic mass is 9.68. The molecule has 1 atom stereocenters. The maximum Gasteiger partial charge on any atom is 0.410 e. The molecular formula is C35H43ClN6O4. The summed E-state index contributed by atoms with van der Waals surface area (Å²) in [5, 5.41) is 3.28. The zero-order valence-electron chi connectivity index (χ0n) is 26.5. The Morgan fingerprint density at radius 2 is 1.76 bits per heavy atom. The molecule has 11 heteroatoms. The second kappa shape index (κ2) is 13.5. The predicted molar refractivity (Wildman–Crippen MR) is 179 cm³/mol. The van der Waals surface area contributed by atoms with Crippen molar-refractivity contribution in [2.24, 2.45) is 0 Å². The number of likely N-dealkylation sites (tertiary alicyclic amines) is 2. The minimum atomic E-state index is -1.05. The summed E-state index contributed by atoms with van der Waals surface area (Å²) in [6.07, 6.45) is 7.62. The van der Waals surface area contributed by atoms with Crippen molar-refractivity contribution in [3.05, 3.63) is 58.1 Å². The Kier molecular flexibility index (Phi) is 9.46. The number of piperidine rings is 2. The van der Waals surface area contributed by atoms with Gasteiger partial charge in [0.2, 0.25) is 5.91 Å². The number of para-hydroxylation sites is 1. The molecule has 3 fully saturated rings. The van der Waals surface area contributed by atoms with Crippen molar-refractivity contribution >= 4 is 40.9 Å². The van der Waals surface area contributed by atoms with Gasteiger partial charge >= 0.3 is 6.09 Å². The van der Waals surface area contributed by atoms with Gasteiger partial charge in [-0.25, -0.2) is 4.79 Å². The number of nitrogens with zero attached hydrogens (tertiary/aromatic N) is 4. The smallest absolute Gasteiger partial charge is 0.410 e. The van der Waals surface area contributed by atoms with Gasteiger partial charge in [0.15, 0.2) is 6.10 Å². The fraction of sp³-hybridized carbons (Fsp3) is 0.514. The normalized spacial score (nSPS) is 21.3. The number of nitrogens with one attached hydrogen (secondary N) is 1. The first kappa shape index (κ1) is 32.2. The Labute approximate surface area is 276 Å². The number of hydrogen-bond donors (Lipinski definition) is 2. The minimum absolute atomic E-state index is 0.00900. The number of fused-ring (bicyclic) bond motifs is 2. The van der Waals surface area contributed by atoms with Crippen LogP contribution in [-0.2, 0) is 26.2 Å². The maximum atomic E-state index is 14.0. The standard InChI is InChI=1S/C35H43ClN6O4/c1-3-25-20-24(21-28(36)32(25)37)22-30(33(44)41-12-8-26(9-13-41)40-18-16-39(2)17-19-40)46-34(45)42-14-10-35(11-15-42)23-31(43)38-29-7-5-4-6-27(29)35/h1,4-7,20-21,26,30H,8-19,22-23,37H2,2H3,(H,38,43)/t30-/m1/s1. The predicted octanol–water partition coefficient (Wildman–Crippen LogP) is 3.57. The highest BCUT2D eigenvalue weighted by Crippen LogP contribution is 2.45. The van der Waals surface area contributed by atoms with Crippen molar-refractivity contribution in [1.29, 1.82) is 0 Å². The largest absolute Gasteiger partial charge is 0.436 e. The lowest BCUT2D eigenvalue weighted by molar-refractivity contribution is -0.142. The average Bonchev–Trinajstić information content (AvgIpc) is 3.06. The van der Waals surface area contributed by atoms with Gasteiger partial charge in [-0.1, -0.05) is 35.7 Å². The molecule has 4 aliphatic heterocycles. The van der Waals surface area contributed by atoms with Gasteiger partial charge in [0.25, 0.3) is 5.91 Å². The van der Waals surface area contributed by atoms with E-state index >= 15 is 0 Å². The zero-order valence-corrected chi connectivity index (χ0v) is 27.2. The van der Waals surface area contributed by atoms with E-state index in [1.54, 1.807) is 17.0 Å². The van der Waals surface area contributed by atoms with Crippen molar-refractivity contribution in [2.75, 3.05) is 70.5 Å². The van der Waals surface area contributed by atoms with E-state index in [1.165, 1.54) is 0 Å². The molecule has 3 amide bonds. The molecule has 1 spiro atoms. The average molecular weight is 647 g/mol. The van der Waals surface area contributed by atoms with Crippen molar-refractivity contribution in [2.45, 2.75) is 56.1 Å². The lowest BCUT2D eigenvalue weighted by Gasteiger charge is -2.44. The third-order valence-electron chi connectivity index (χ3n) is 10.4. The van der Waals surface area contributed by atoms with Gasteiger partial charge in [0, 0.05) is 87.9 Å². The number of rotatable bonds is 5. The monoisotopic (exact) mass is 646 g/mol. The highest BCUT2D eigenvalue weighted by molar-refractivity contribution is 6.33. The molecular weight excluding hydrogens is 604 g/mol. The molecule has 6 rings (SSSR count). The quantitative estimate of drug-likeness (QED) is 0.378. The Balaban J connectivity index is 1.15. The second-order valence-electron chi connectivity index (χ2n) is 13.2. The summed E-state index contributed by atoms with van der Waals surface area (Å²) in [6, 6.07) is 11.7. The second-order valence-corrected chi connectivity index (χ2v) is 13.6. The van der Waals surface area contributed by atoms with Crippen LogP contribution in [0.5, 0.6) is 0 Å².